The molecule has 8 nitrogen and oxygen atoms in total. The molecule has 0 bridgehead atoms. The van der Waals surface area contributed by atoms with Crippen molar-refractivity contribution in [3.63, 3.8) is 0 Å². The molecule has 190 valence electrons. The highest BCUT2D eigenvalue weighted by atomic mass is 32.2. The number of hydrogen-bond donors (Lipinski definition) is 2. The number of rotatable bonds is 8. The Morgan fingerprint density at radius 2 is 1.79 bits per heavy atom. The lowest BCUT2D eigenvalue weighted by atomic mass is 10.0. The molecule has 0 unspecified atom stereocenters. The molecule has 0 spiro atoms. The fraction of sp³-hybridized carbons (Fsp3) is 0.103. The molecule has 9 heteroatoms. The maximum Gasteiger partial charge on any atom is 0.250 e. The molecule has 38 heavy (non-hydrogen) atoms. The van der Waals surface area contributed by atoms with E-state index in [0.29, 0.717) is 16.5 Å². The Morgan fingerprint density at radius 3 is 2.55 bits per heavy atom. The van der Waals surface area contributed by atoms with Crippen molar-refractivity contribution in [2.24, 2.45) is 5.10 Å². The lowest BCUT2D eigenvalue weighted by molar-refractivity contribution is -0.118. The number of nitrogens with zero attached hydrogens (tertiary/aromatic N) is 4. The molecule has 0 aliphatic heterocycles. The molecule has 0 saturated heterocycles. The minimum Gasteiger partial charge on any atom is -0.507 e. The fourth-order valence-corrected chi connectivity index (χ4v) is 4.71. The molecule has 1 heterocycles. The Kier molecular flexibility index (Phi) is 7.37. The smallest absolute Gasteiger partial charge is 0.250 e. The van der Waals surface area contributed by atoms with Crippen LogP contribution < -0.4 is 10.2 Å². The molecule has 0 aliphatic carbocycles. The van der Waals surface area contributed by atoms with Crippen molar-refractivity contribution in [3.8, 4) is 28.6 Å². The Bertz CT molecular complexity index is 1610. The number of carbonyl (C=O) groups is 1. The molecule has 0 fully saturated rings. The van der Waals surface area contributed by atoms with E-state index in [1.165, 1.54) is 18.0 Å². The summed E-state index contributed by atoms with van der Waals surface area (Å²) >= 11 is 1.26. The Morgan fingerprint density at radius 1 is 1.03 bits per heavy atom. The summed E-state index contributed by atoms with van der Waals surface area (Å²) in [6.45, 7) is 2.03. The SMILES string of the molecule is COc1ccc(-c2nnc(SCC(=O)NN=Cc3c(O)ccc4ccccc34)n2-c2ccc(C)cc2)cc1. The van der Waals surface area contributed by atoms with Crippen molar-refractivity contribution in [1.29, 1.82) is 0 Å². The zero-order valence-electron chi connectivity index (χ0n) is 20.8. The van der Waals surface area contributed by atoms with Gasteiger partial charge in [0.25, 0.3) is 5.91 Å². The third kappa shape index (κ3) is 5.37. The van der Waals surface area contributed by atoms with E-state index >= 15 is 0 Å². The van der Waals surface area contributed by atoms with E-state index < -0.39 is 0 Å². The number of amides is 1. The first-order valence-electron chi connectivity index (χ1n) is 11.9. The summed E-state index contributed by atoms with van der Waals surface area (Å²) < 4.78 is 7.20. The average Bonchev–Trinajstić information content (AvgIpc) is 3.37. The molecule has 0 aliphatic rings. The molecular weight excluding hydrogens is 498 g/mol. The first-order valence-corrected chi connectivity index (χ1v) is 12.8. The van der Waals surface area contributed by atoms with Crippen LogP contribution >= 0.6 is 11.8 Å². The molecule has 0 saturated carbocycles. The minimum absolute atomic E-state index is 0.0749. The normalized spacial score (nSPS) is 11.2. The van der Waals surface area contributed by atoms with E-state index in [0.717, 1.165) is 33.3 Å². The predicted molar refractivity (Wildman–Crippen MR) is 150 cm³/mol. The van der Waals surface area contributed by atoms with Gasteiger partial charge in [0.1, 0.15) is 11.5 Å². The number of aryl methyl sites for hydroxylation is 1. The van der Waals surface area contributed by atoms with Crippen LogP contribution in [0.1, 0.15) is 11.1 Å². The Balaban J connectivity index is 1.34. The van der Waals surface area contributed by atoms with Gasteiger partial charge in [0, 0.05) is 16.8 Å². The maximum atomic E-state index is 12.6. The number of benzene rings is 4. The monoisotopic (exact) mass is 523 g/mol. The molecule has 2 N–H and O–H groups in total. The highest BCUT2D eigenvalue weighted by Crippen LogP contribution is 2.29. The number of aromatic nitrogens is 3. The zero-order chi connectivity index (χ0) is 26.5. The van der Waals surface area contributed by atoms with Crippen LogP contribution in [0.15, 0.2) is 95.2 Å². The van der Waals surface area contributed by atoms with Gasteiger partial charge in [0.2, 0.25) is 0 Å². The van der Waals surface area contributed by atoms with Gasteiger partial charge < -0.3 is 9.84 Å². The second-order valence-electron chi connectivity index (χ2n) is 8.51. The number of ether oxygens (including phenoxy) is 1. The van der Waals surface area contributed by atoms with E-state index in [9.17, 15) is 9.90 Å². The summed E-state index contributed by atoms with van der Waals surface area (Å²) in [6.07, 6.45) is 1.46. The number of aromatic hydroxyl groups is 1. The number of hydrazone groups is 1. The number of fused-ring (bicyclic) bond motifs is 1. The summed E-state index contributed by atoms with van der Waals surface area (Å²) in [5.41, 5.74) is 5.97. The summed E-state index contributed by atoms with van der Waals surface area (Å²) in [5.74, 6) is 1.26. The zero-order valence-corrected chi connectivity index (χ0v) is 21.6. The third-order valence-electron chi connectivity index (χ3n) is 5.94. The van der Waals surface area contributed by atoms with Gasteiger partial charge in [-0.15, -0.1) is 10.2 Å². The number of phenols is 1. The largest absolute Gasteiger partial charge is 0.507 e. The molecule has 1 aromatic heterocycles. The van der Waals surface area contributed by atoms with Gasteiger partial charge in [-0.1, -0.05) is 59.8 Å². The quantitative estimate of drug-likeness (QED) is 0.161. The number of carbonyl (C=O) groups excluding carboxylic acids is 1. The Hall–Kier alpha value is -4.63. The summed E-state index contributed by atoms with van der Waals surface area (Å²) in [4.78, 5) is 12.6. The van der Waals surface area contributed by atoms with Crippen LogP contribution in [0.5, 0.6) is 11.5 Å². The van der Waals surface area contributed by atoms with Crippen LogP contribution in [0.25, 0.3) is 27.8 Å². The van der Waals surface area contributed by atoms with Crippen molar-refractivity contribution in [1.82, 2.24) is 20.2 Å². The van der Waals surface area contributed by atoms with Gasteiger partial charge >= 0.3 is 0 Å². The molecule has 1 amide bonds. The van der Waals surface area contributed by atoms with Gasteiger partial charge in [-0.3, -0.25) is 9.36 Å². The van der Waals surface area contributed by atoms with Gasteiger partial charge in [0.15, 0.2) is 11.0 Å². The summed E-state index contributed by atoms with van der Waals surface area (Å²) in [6, 6.07) is 26.7. The topological polar surface area (TPSA) is 102 Å². The highest BCUT2D eigenvalue weighted by Gasteiger charge is 2.17. The fourth-order valence-electron chi connectivity index (χ4n) is 3.97. The van der Waals surface area contributed by atoms with E-state index in [4.69, 9.17) is 4.74 Å². The van der Waals surface area contributed by atoms with Gasteiger partial charge in [0.05, 0.1) is 19.1 Å². The van der Waals surface area contributed by atoms with E-state index in [2.05, 4.69) is 20.7 Å². The third-order valence-corrected chi connectivity index (χ3v) is 6.87. The number of nitrogens with one attached hydrogen (secondary N) is 1. The molecular formula is C29H25N5O3S. The van der Waals surface area contributed by atoms with Crippen LogP contribution in [0.2, 0.25) is 0 Å². The van der Waals surface area contributed by atoms with Crippen molar-refractivity contribution >= 4 is 34.7 Å². The first kappa shape index (κ1) is 25.0. The van der Waals surface area contributed by atoms with Crippen molar-refractivity contribution in [2.45, 2.75) is 12.1 Å². The molecule has 0 radical (unpaired) electrons. The van der Waals surface area contributed by atoms with E-state index in [-0.39, 0.29) is 17.4 Å². The average molecular weight is 524 g/mol. The van der Waals surface area contributed by atoms with E-state index in [1.807, 2.05) is 90.4 Å². The lowest BCUT2D eigenvalue weighted by Gasteiger charge is -2.11. The van der Waals surface area contributed by atoms with Crippen LogP contribution in [-0.2, 0) is 4.79 Å². The van der Waals surface area contributed by atoms with Crippen LogP contribution in [0.4, 0.5) is 0 Å². The van der Waals surface area contributed by atoms with Crippen molar-refractivity contribution in [3.05, 3.63) is 96.1 Å². The van der Waals surface area contributed by atoms with Crippen molar-refractivity contribution in [2.75, 3.05) is 12.9 Å². The summed E-state index contributed by atoms with van der Waals surface area (Å²) in [7, 11) is 1.62. The Labute approximate surface area is 224 Å². The molecule has 5 rings (SSSR count). The van der Waals surface area contributed by atoms with Crippen LogP contribution in [0, 0.1) is 6.92 Å². The van der Waals surface area contributed by atoms with Crippen LogP contribution in [0.3, 0.4) is 0 Å². The number of hydrogen-bond acceptors (Lipinski definition) is 7. The first-order chi connectivity index (χ1) is 18.5. The number of methoxy groups -OCH3 is 1. The van der Waals surface area contributed by atoms with Gasteiger partial charge in [-0.2, -0.15) is 5.10 Å². The van der Waals surface area contributed by atoms with E-state index in [1.54, 1.807) is 13.2 Å². The molecule has 0 atom stereocenters. The maximum absolute atomic E-state index is 12.6. The van der Waals surface area contributed by atoms with Gasteiger partial charge in [-0.05, 0) is 60.2 Å². The second kappa shape index (κ2) is 11.2. The standard InChI is InChI=1S/C29H25N5O3S/c1-19-7-12-22(13-8-19)34-28(21-9-14-23(37-2)15-10-21)32-33-29(34)38-18-27(36)31-30-17-25-24-6-4-3-5-20(24)11-16-26(25)35/h3-17,35H,18H2,1-2H3,(H,31,36). The second-order valence-corrected chi connectivity index (χ2v) is 9.45. The highest BCUT2D eigenvalue weighted by molar-refractivity contribution is 7.99. The molecule has 4 aromatic carbocycles. The molecule has 5 aromatic rings. The van der Waals surface area contributed by atoms with Gasteiger partial charge in [-0.25, -0.2) is 5.43 Å². The lowest BCUT2D eigenvalue weighted by Crippen LogP contribution is -2.20. The summed E-state index contributed by atoms with van der Waals surface area (Å²) in [5, 5.41) is 25.5. The number of thioether (sulfide) groups is 1. The minimum atomic E-state index is -0.310. The number of phenolic OH excluding ortho intramolecular Hbond substituents is 1. The van der Waals surface area contributed by atoms with Crippen molar-refractivity contribution < 1.29 is 14.6 Å². The van der Waals surface area contributed by atoms with Crippen LogP contribution in [-0.4, -0.2) is 44.9 Å². The predicted octanol–water partition coefficient (Wildman–Crippen LogP) is 5.35.